The van der Waals surface area contributed by atoms with Crippen molar-refractivity contribution in [2.75, 3.05) is 0 Å². The summed E-state index contributed by atoms with van der Waals surface area (Å²) in [5.41, 5.74) is 1.80. The Hall–Kier alpha value is -2.06. The second-order valence-corrected chi connectivity index (χ2v) is 13.5. The van der Waals surface area contributed by atoms with E-state index in [4.69, 9.17) is 0 Å². The molecular formula is C39H64O. The Kier molecular flexibility index (Phi) is 17.7. The van der Waals surface area contributed by atoms with Crippen LogP contribution in [0.15, 0.2) is 12.7 Å². The van der Waals surface area contributed by atoms with Crippen LogP contribution in [0.4, 0.5) is 0 Å². The first-order valence-electron chi connectivity index (χ1n) is 15.6. The lowest BCUT2D eigenvalue weighted by Gasteiger charge is -2.69. The van der Waals surface area contributed by atoms with Crippen LogP contribution < -0.4 is 0 Å². The van der Waals surface area contributed by atoms with E-state index in [0.717, 1.165) is 30.1 Å². The number of allylic oxidation sites excluding steroid dienone is 1. The lowest BCUT2D eigenvalue weighted by atomic mass is 9.36. The molecule has 226 valence electrons. The Morgan fingerprint density at radius 3 is 1.65 bits per heavy atom. The number of fused-ring (bicyclic) bond motifs is 7. The molecule has 0 heterocycles. The van der Waals surface area contributed by atoms with Gasteiger partial charge in [0.1, 0.15) is 0 Å². The van der Waals surface area contributed by atoms with Crippen LogP contribution in [-0.2, 0) is 0 Å². The van der Waals surface area contributed by atoms with E-state index in [9.17, 15) is 5.11 Å². The summed E-state index contributed by atoms with van der Waals surface area (Å²) in [7, 11) is 0. The number of terminal acetylenes is 4. The van der Waals surface area contributed by atoms with Gasteiger partial charge in [-0.1, -0.05) is 61.0 Å². The van der Waals surface area contributed by atoms with Crippen LogP contribution in [0.25, 0.3) is 0 Å². The smallest absolute Gasteiger partial charge is 0.0594 e. The van der Waals surface area contributed by atoms with Gasteiger partial charge in [-0.15, -0.1) is 58.0 Å². The Morgan fingerprint density at radius 2 is 1.12 bits per heavy atom. The molecule has 1 N–H and O–H groups in total. The standard InChI is InChI=1S/C26H44O.C3H6.C2H6.4C2H2/c1-23(2)20-11-15-25(4)19-10-14-24(3)13-6-7-18(24)17(19)8-9-21(25)26(20,5)16-12-22(23)27;1-3-2;5*1-2/h17-22,27H,6-16H2,1-5H3;3H,1H2,2H3;1-2H3;4*1-2H/t17-,18?,19?,20?,21?,22+,24-,25+,26+;;;;;;/m1....../s1. The second-order valence-electron chi connectivity index (χ2n) is 13.5. The minimum atomic E-state index is -0.0925. The van der Waals surface area contributed by atoms with Gasteiger partial charge in [0.2, 0.25) is 0 Å². The van der Waals surface area contributed by atoms with Gasteiger partial charge in [-0.05, 0) is 122 Å². The van der Waals surface area contributed by atoms with Crippen molar-refractivity contribution in [2.45, 2.75) is 132 Å². The van der Waals surface area contributed by atoms with Gasteiger partial charge in [0.15, 0.2) is 0 Å². The molecule has 4 unspecified atom stereocenters. The highest BCUT2D eigenvalue weighted by Gasteiger charge is 2.65. The third-order valence-electron chi connectivity index (χ3n) is 11.9. The van der Waals surface area contributed by atoms with Crippen LogP contribution in [0.1, 0.15) is 126 Å². The quantitative estimate of drug-likeness (QED) is 0.236. The van der Waals surface area contributed by atoms with E-state index in [0.29, 0.717) is 22.2 Å². The van der Waals surface area contributed by atoms with E-state index in [1.807, 2.05) is 20.8 Å². The molecule has 0 amide bonds. The predicted octanol–water partition coefficient (Wildman–Crippen LogP) is 10.0. The molecule has 0 saturated heterocycles. The lowest BCUT2D eigenvalue weighted by Crippen LogP contribution is -2.63. The van der Waals surface area contributed by atoms with E-state index in [-0.39, 0.29) is 11.5 Å². The maximum absolute atomic E-state index is 10.8. The first kappa shape index (κ1) is 40.1. The Morgan fingerprint density at radius 1 is 0.625 bits per heavy atom. The zero-order chi connectivity index (χ0) is 31.9. The molecule has 0 bridgehead atoms. The molecule has 0 aromatic carbocycles. The van der Waals surface area contributed by atoms with Crippen LogP contribution in [0, 0.1) is 103 Å². The van der Waals surface area contributed by atoms with Gasteiger partial charge in [-0.25, -0.2) is 0 Å². The normalized spacial score (nSPS) is 40.7. The zero-order valence-corrected chi connectivity index (χ0v) is 27.6. The predicted molar refractivity (Wildman–Crippen MR) is 179 cm³/mol. The molecule has 40 heavy (non-hydrogen) atoms. The first-order chi connectivity index (χ1) is 19.0. The van der Waals surface area contributed by atoms with Crippen molar-refractivity contribution in [3.8, 4) is 51.4 Å². The average molecular weight is 549 g/mol. The SMILES string of the molecule is C#C.C#C.C#C.C#C.C=CC.CC.CC1(C)C2CC[C@@]3(C)C4CC[C@@]5(C)CCCC5[C@H]4CCC3[C@@]2(C)CC[C@@H]1O. The van der Waals surface area contributed by atoms with Gasteiger partial charge in [-0.2, -0.15) is 0 Å². The first-order valence-corrected chi connectivity index (χ1v) is 15.6. The van der Waals surface area contributed by atoms with Crippen molar-refractivity contribution in [1.82, 2.24) is 0 Å². The molecule has 5 fully saturated rings. The summed E-state index contributed by atoms with van der Waals surface area (Å²) >= 11 is 0. The fourth-order valence-corrected chi connectivity index (χ4v) is 10.5. The Bertz CT molecular complexity index is 786. The Balaban J connectivity index is 0. The van der Waals surface area contributed by atoms with Crippen LogP contribution in [0.5, 0.6) is 0 Å². The number of hydrogen-bond donors (Lipinski definition) is 1. The van der Waals surface area contributed by atoms with Crippen LogP contribution in [0.2, 0.25) is 0 Å². The fraction of sp³-hybridized carbons (Fsp3) is 0.744. The highest BCUT2D eigenvalue weighted by molar-refractivity contribution is 5.14. The molecule has 5 aliphatic carbocycles. The highest BCUT2D eigenvalue weighted by Crippen LogP contribution is 2.72. The minimum absolute atomic E-state index is 0.0925. The number of rotatable bonds is 0. The van der Waals surface area contributed by atoms with E-state index in [1.54, 1.807) is 6.08 Å². The maximum Gasteiger partial charge on any atom is 0.0594 e. The molecule has 1 nitrogen and oxygen atoms in total. The van der Waals surface area contributed by atoms with E-state index < -0.39 is 0 Å². The maximum atomic E-state index is 10.8. The summed E-state index contributed by atoms with van der Waals surface area (Å²) in [6.07, 6.45) is 49.3. The largest absolute Gasteiger partial charge is 0.393 e. The van der Waals surface area contributed by atoms with Crippen molar-refractivity contribution >= 4 is 0 Å². The van der Waals surface area contributed by atoms with Gasteiger partial charge in [0.05, 0.1) is 6.10 Å². The summed E-state index contributed by atoms with van der Waals surface area (Å²) in [6, 6.07) is 0. The topological polar surface area (TPSA) is 20.2 Å². The third-order valence-corrected chi connectivity index (χ3v) is 11.9. The molecule has 1 heteroatoms. The van der Waals surface area contributed by atoms with Gasteiger partial charge in [0, 0.05) is 0 Å². The fourth-order valence-electron chi connectivity index (χ4n) is 10.5. The summed E-state index contributed by atoms with van der Waals surface area (Å²) < 4.78 is 0. The molecule has 0 aromatic heterocycles. The van der Waals surface area contributed by atoms with E-state index in [2.05, 4.69) is 92.6 Å². The number of hydrogen-bond acceptors (Lipinski definition) is 1. The summed E-state index contributed by atoms with van der Waals surface area (Å²) in [6.45, 7) is 22.0. The molecule has 0 aliphatic heterocycles. The lowest BCUT2D eigenvalue weighted by molar-refractivity contribution is -0.213. The number of aliphatic hydroxyl groups is 1. The molecule has 0 aromatic rings. The Labute approximate surface area is 252 Å². The van der Waals surface area contributed by atoms with Crippen LogP contribution in [0.3, 0.4) is 0 Å². The monoisotopic (exact) mass is 548 g/mol. The second kappa shape index (κ2) is 17.7. The van der Waals surface area contributed by atoms with Crippen molar-refractivity contribution in [3.63, 3.8) is 0 Å². The molecule has 5 saturated carbocycles. The molecule has 0 spiro atoms. The zero-order valence-electron chi connectivity index (χ0n) is 27.6. The van der Waals surface area contributed by atoms with Crippen LogP contribution in [-0.4, -0.2) is 11.2 Å². The average Bonchev–Trinajstić information content (AvgIpc) is 3.39. The highest BCUT2D eigenvalue weighted by atomic mass is 16.3. The molecule has 5 aliphatic rings. The molecule has 0 radical (unpaired) electrons. The molecular weight excluding hydrogens is 484 g/mol. The van der Waals surface area contributed by atoms with Gasteiger partial charge < -0.3 is 5.11 Å². The molecule has 5 rings (SSSR count). The van der Waals surface area contributed by atoms with E-state index >= 15 is 0 Å². The summed E-state index contributed by atoms with van der Waals surface area (Å²) in [5.74, 6) is 4.64. The van der Waals surface area contributed by atoms with Crippen molar-refractivity contribution in [2.24, 2.45) is 51.2 Å². The molecule has 9 atom stereocenters. The van der Waals surface area contributed by atoms with E-state index in [1.165, 1.54) is 64.2 Å². The van der Waals surface area contributed by atoms with Crippen LogP contribution >= 0.6 is 0 Å². The van der Waals surface area contributed by atoms with Crippen molar-refractivity contribution < 1.29 is 5.11 Å². The van der Waals surface area contributed by atoms with Gasteiger partial charge in [-0.3, -0.25) is 0 Å². The summed E-state index contributed by atoms with van der Waals surface area (Å²) in [5, 5.41) is 10.8. The number of aliphatic hydroxyl groups excluding tert-OH is 1. The van der Waals surface area contributed by atoms with Crippen molar-refractivity contribution in [3.05, 3.63) is 12.7 Å². The van der Waals surface area contributed by atoms with Crippen molar-refractivity contribution in [1.29, 1.82) is 0 Å². The van der Waals surface area contributed by atoms with Gasteiger partial charge in [0.25, 0.3) is 0 Å². The van der Waals surface area contributed by atoms with Gasteiger partial charge >= 0.3 is 0 Å². The third kappa shape index (κ3) is 7.22. The summed E-state index contributed by atoms with van der Waals surface area (Å²) in [4.78, 5) is 0. The minimum Gasteiger partial charge on any atom is -0.393 e.